The molecule has 1 aliphatic carbocycles. The molecule has 0 saturated heterocycles. The number of carboxylic acids is 1. The maximum atomic E-state index is 11.8. The molecule has 0 bridgehead atoms. The highest BCUT2D eigenvalue weighted by atomic mass is 16.6. The molecule has 0 atom stereocenters. The van der Waals surface area contributed by atoms with Crippen molar-refractivity contribution in [1.29, 1.82) is 0 Å². The van der Waals surface area contributed by atoms with Gasteiger partial charge in [0.15, 0.2) is 0 Å². The van der Waals surface area contributed by atoms with Crippen LogP contribution in [0.5, 0.6) is 0 Å². The first kappa shape index (κ1) is 13.5. The van der Waals surface area contributed by atoms with Crippen LogP contribution < -0.4 is 0 Å². The molecule has 1 saturated carbocycles. The van der Waals surface area contributed by atoms with Gasteiger partial charge in [0.05, 0.1) is 6.42 Å². The lowest BCUT2D eigenvalue weighted by molar-refractivity contribution is -0.137. The van der Waals surface area contributed by atoms with Gasteiger partial charge in [0.1, 0.15) is 6.61 Å². The highest BCUT2D eigenvalue weighted by molar-refractivity contribution is 5.71. The van der Waals surface area contributed by atoms with Gasteiger partial charge in [-0.15, -0.1) is 0 Å². The summed E-state index contributed by atoms with van der Waals surface area (Å²) < 4.78 is 4.97. The van der Waals surface area contributed by atoms with Gasteiger partial charge in [0.25, 0.3) is 0 Å². The maximum absolute atomic E-state index is 11.8. The lowest BCUT2D eigenvalue weighted by atomic mass is 10.2. The van der Waals surface area contributed by atoms with Crippen LogP contribution >= 0.6 is 0 Å². The van der Waals surface area contributed by atoms with Gasteiger partial charge in [-0.3, -0.25) is 4.79 Å². The van der Waals surface area contributed by atoms with Gasteiger partial charge >= 0.3 is 12.1 Å². The monoisotopic (exact) mass is 241 g/mol. The topological polar surface area (TPSA) is 66.8 Å². The van der Waals surface area contributed by atoms with Crippen LogP contribution in [-0.4, -0.2) is 41.3 Å². The molecule has 0 unspecified atom stereocenters. The van der Waals surface area contributed by atoms with Crippen molar-refractivity contribution in [3.63, 3.8) is 0 Å². The Morgan fingerprint density at radius 1 is 1.41 bits per heavy atom. The molecule has 1 fully saturated rings. The zero-order chi connectivity index (χ0) is 12.7. The molecule has 17 heavy (non-hydrogen) atoms. The van der Waals surface area contributed by atoms with Gasteiger partial charge in [-0.25, -0.2) is 4.79 Å². The summed E-state index contributed by atoms with van der Waals surface area (Å²) in [5, 5.41) is 8.67. The predicted octanol–water partition coefficient (Wildman–Crippen LogP) is 2.03. The first-order chi connectivity index (χ1) is 8.15. The number of aliphatic carboxylic acids is 1. The van der Waals surface area contributed by atoms with Crippen molar-refractivity contribution in [2.45, 2.75) is 38.1 Å². The van der Waals surface area contributed by atoms with Gasteiger partial charge < -0.3 is 14.7 Å². The number of ether oxygens (including phenoxy) is 1. The molecule has 0 aliphatic heterocycles. The van der Waals surface area contributed by atoms with E-state index in [9.17, 15) is 9.59 Å². The van der Waals surface area contributed by atoms with Crippen molar-refractivity contribution >= 4 is 12.1 Å². The zero-order valence-corrected chi connectivity index (χ0v) is 9.93. The summed E-state index contributed by atoms with van der Waals surface area (Å²) in [6.45, 7) is 3.85. The Balaban J connectivity index is 2.53. The van der Waals surface area contributed by atoms with E-state index in [-0.39, 0.29) is 25.6 Å². The molecule has 0 aromatic rings. The summed E-state index contributed by atoms with van der Waals surface area (Å²) in [7, 11) is 0. The Labute approximate surface area is 101 Å². The van der Waals surface area contributed by atoms with Crippen LogP contribution in [0.25, 0.3) is 0 Å². The predicted molar refractivity (Wildman–Crippen MR) is 62.8 cm³/mol. The number of carboxylic acid groups (broad SMARTS) is 1. The van der Waals surface area contributed by atoms with E-state index in [1.165, 1.54) is 6.08 Å². The lowest BCUT2D eigenvalue weighted by Gasteiger charge is -2.27. The Kier molecular flexibility index (Phi) is 5.52. The summed E-state index contributed by atoms with van der Waals surface area (Å²) in [5.74, 6) is -0.899. The van der Waals surface area contributed by atoms with E-state index in [0.717, 1.165) is 25.7 Å². The maximum Gasteiger partial charge on any atom is 0.410 e. The third-order valence-corrected chi connectivity index (χ3v) is 2.89. The van der Waals surface area contributed by atoms with Gasteiger partial charge in [0, 0.05) is 12.6 Å². The van der Waals surface area contributed by atoms with Crippen LogP contribution in [-0.2, 0) is 9.53 Å². The Hall–Kier alpha value is -1.52. The average molecular weight is 241 g/mol. The third-order valence-electron chi connectivity index (χ3n) is 2.89. The summed E-state index contributed by atoms with van der Waals surface area (Å²) in [6.07, 6.45) is 5.07. The van der Waals surface area contributed by atoms with Crippen molar-refractivity contribution < 1.29 is 19.4 Å². The molecule has 0 heterocycles. The number of carbonyl (C=O) groups excluding carboxylic acids is 1. The second-order valence-corrected chi connectivity index (χ2v) is 4.14. The quantitative estimate of drug-likeness (QED) is 0.722. The minimum absolute atomic E-state index is 0.0420. The lowest BCUT2D eigenvalue weighted by Crippen LogP contribution is -2.40. The number of amides is 1. The third kappa shape index (κ3) is 4.46. The molecule has 0 spiro atoms. The minimum Gasteiger partial charge on any atom is -0.481 e. The normalized spacial score (nSPS) is 15.5. The van der Waals surface area contributed by atoms with Crippen molar-refractivity contribution in [3.8, 4) is 0 Å². The van der Waals surface area contributed by atoms with Crippen LogP contribution in [0, 0.1) is 0 Å². The molecule has 0 aromatic carbocycles. The highest BCUT2D eigenvalue weighted by Crippen LogP contribution is 2.24. The number of nitrogens with zero attached hydrogens (tertiary/aromatic N) is 1. The first-order valence-electron chi connectivity index (χ1n) is 5.91. The van der Waals surface area contributed by atoms with Crippen LogP contribution in [0.2, 0.25) is 0 Å². The van der Waals surface area contributed by atoms with Crippen LogP contribution in [0.4, 0.5) is 4.79 Å². The Morgan fingerprint density at radius 3 is 2.59 bits per heavy atom. The van der Waals surface area contributed by atoms with Gasteiger partial charge in [-0.1, -0.05) is 25.5 Å². The molecule has 5 heteroatoms. The summed E-state index contributed by atoms with van der Waals surface area (Å²) >= 11 is 0. The van der Waals surface area contributed by atoms with E-state index in [1.807, 2.05) is 0 Å². The molecule has 1 rings (SSSR count). The summed E-state index contributed by atoms with van der Waals surface area (Å²) in [6, 6.07) is 0.131. The van der Waals surface area contributed by atoms with E-state index in [2.05, 4.69) is 6.58 Å². The largest absolute Gasteiger partial charge is 0.481 e. The van der Waals surface area contributed by atoms with Gasteiger partial charge in [0.2, 0.25) is 0 Å². The summed E-state index contributed by atoms with van der Waals surface area (Å²) in [4.78, 5) is 23.9. The number of carbonyl (C=O) groups is 2. The Bertz CT molecular complexity index is 284. The van der Waals surface area contributed by atoms with E-state index in [4.69, 9.17) is 9.84 Å². The van der Waals surface area contributed by atoms with Crippen LogP contribution in [0.3, 0.4) is 0 Å². The molecule has 1 aliphatic rings. The van der Waals surface area contributed by atoms with Crippen LogP contribution in [0.1, 0.15) is 32.1 Å². The van der Waals surface area contributed by atoms with E-state index >= 15 is 0 Å². The van der Waals surface area contributed by atoms with E-state index in [1.54, 1.807) is 4.90 Å². The van der Waals surface area contributed by atoms with Crippen LogP contribution in [0.15, 0.2) is 12.7 Å². The van der Waals surface area contributed by atoms with Crippen molar-refractivity contribution in [2.24, 2.45) is 0 Å². The SMILES string of the molecule is C=CCOC(=O)N(CCC(=O)O)C1CCCC1. The van der Waals surface area contributed by atoms with Crippen molar-refractivity contribution in [1.82, 2.24) is 4.90 Å². The number of rotatable bonds is 6. The van der Waals surface area contributed by atoms with Gasteiger partial charge in [-0.05, 0) is 12.8 Å². The minimum atomic E-state index is -0.899. The van der Waals surface area contributed by atoms with Crippen molar-refractivity contribution in [2.75, 3.05) is 13.2 Å². The number of hydrogen-bond acceptors (Lipinski definition) is 3. The van der Waals surface area contributed by atoms with E-state index in [0.29, 0.717) is 0 Å². The van der Waals surface area contributed by atoms with Gasteiger partial charge in [-0.2, -0.15) is 0 Å². The van der Waals surface area contributed by atoms with E-state index < -0.39 is 12.1 Å². The second kappa shape index (κ2) is 6.93. The molecule has 1 N–H and O–H groups in total. The summed E-state index contributed by atoms with van der Waals surface area (Å²) in [5.41, 5.74) is 0. The smallest absolute Gasteiger partial charge is 0.410 e. The molecule has 0 aromatic heterocycles. The molecule has 1 amide bonds. The first-order valence-corrected chi connectivity index (χ1v) is 5.91. The number of hydrogen-bond donors (Lipinski definition) is 1. The fourth-order valence-corrected chi connectivity index (χ4v) is 2.07. The van der Waals surface area contributed by atoms with Crippen molar-refractivity contribution in [3.05, 3.63) is 12.7 Å². The molecule has 0 radical (unpaired) electrons. The highest BCUT2D eigenvalue weighted by Gasteiger charge is 2.27. The fourth-order valence-electron chi connectivity index (χ4n) is 2.07. The molecule has 5 nitrogen and oxygen atoms in total. The fraction of sp³-hybridized carbons (Fsp3) is 0.667. The standard InChI is InChI=1S/C12H19NO4/c1-2-9-17-12(16)13(8-7-11(14)15)10-5-3-4-6-10/h2,10H,1,3-9H2,(H,14,15). The Morgan fingerprint density at radius 2 is 2.06 bits per heavy atom. The second-order valence-electron chi connectivity index (χ2n) is 4.14. The average Bonchev–Trinajstić information content (AvgIpc) is 2.79. The molecular weight excluding hydrogens is 222 g/mol. The molecule has 96 valence electrons. The zero-order valence-electron chi connectivity index (χ0n) is 9.93. The molecular formula is C12H19NO4.